The molecule has 0 fully saturated rings. The predicted molar refractivity (Wildman–Crippen MR) is 80.4 cm³/mol. The van der Waals surface area contributed by atoms with E-state index in [2.05, 4.69) is 21.2 Å². The van der Waals surface area contributed by atoms with Crippen LogP contribution in [0, 0.1) is 6.92 Å². The summed E-state index contributed by atoms with van der Waals surface area (Å²) in [6, 6.07) is 4.57. The van der Waals surface area contributed by atoms with Crippen LogP contribution in [0.3, 0.4) is 0 Å². The molecule has 1 rings (SSSR count). The van der Waals surface area contributed by atoms with E-state index in [4.69, 9.17) is 10.8 Å². The maximum Gasteiger partial charge on any atom is 0.321 e. The number of rotatable bonds is 6. The number of nitrogens with one attached hydrogen (secondary N) is 1. The Hall–Kier alpha value is -1.05. The van der Waals surface area contributed by atoms with Crippen molar-refractivity contribution in [3.05, 3.63) is 28.2 Å². The van der Waals surface area contributed by atoms with E-state index in [1.165, 1.54) is 11.8 Å². The van der Waals surface area contributed by atoms with Gasteiger partial charge in [0, 0.05) is 15.9 Å². The number of anilines is 1. The number of aryl methyl sites for hydroxylation is 1. The van der Waals surface area contributed by atoms with Crippen molar-refractivity contribution in [1.82, 2.24) is 0 Å². The van der Waals surface area contributed by atoms with E-state index in [1.54, 1.807) is 6.07 Å². The summed E-state index contributed by atoms with van der Waals surface area (Å²) in [7, 11) is 0. The van der Waals surface area contributed by atoms with Crippen molar-refractivity contribution in [2.45, 2.75) is 13.0 Å². The zero-order valence-corrected chi connectivity index (χ0v) is 12.8. The molecular formula is C12H15BrN2O3S. The summed E-state index contributed by atoms with van der Waals surface area (Å²) in [4.78, 5) is 22.1. The highest BCUT2D eigenvalue weighted by molar-refractivity contribution is 9.10. The smallest absolute Gasteiger partial charge is 0.321 e. The number of carbonyl (C=O) groups is 2. The standard InChI is InChI=1S/C12H15BrN2O3S/c1-7-4-8(2-3-9(7)13)15-11(16)6-19-5-10(14)12(17)18/h2-4,10H,5-6,14H2,1H3,(H,15,16)(H,17,18)/t10-/m1/s1. The van der Waals surface area contributed by atoms with Crippen LogP contribution in [0.4, 0.5) is 5.69 Å². The van der Waals surface area contributed by atoms with Crippen LogP contribution in [-0.2, 0) is 9.59 Å². The molecule has 1 amide bonds. The number of hydrogen-bond donors (Lipinski definition) is 3. The Morgan fingerprint density at radius 1 is 1.53 bits per heavy atom. The average molecular weight is 347 g/mol. The number of thioether (sulfide) groups is 1. The highest BCUT2D eigenvalue weighted by atomic mass is 79.9. The molecule has 4 N–H and O–H groups in total. The van der Waals surface area contributed by atoms with E-state index in [0.717, 1.165) is 10.0 Å². The summed E-state index contributed by atoms with van der Waals surface area (Å²) < 4.78 is 0.979. The minimum absolute atomic E-state index is 0.177. The Morgan fingerprint density at radius 3 is 2.79 bits per heavy atom. The third-order valence-electron chi connectivity index (χ3n) is 2.29. The van der Waals surface area contributed by atoms with Crippen LogP contribution >= 0.6 is 27.7 Å². The van der Waals surface area contributed by atoms with Crippen LogP contribution in [0.5, 0.6) is 0 Å². The van der Waals surface area contributed by atoms with Crippen LogP contribution < -0.4 is 11.1 Å². The van der Waals surface area contributed by atoms with Crippen LogP contribution in [0.25, 0.3) is 0 Å². The predicted octanol–water partition coefficient (Wildman–Crippen LogP) is 1.84. The maximum atomic E-state index is 11.6. The second kappa shape index (κ2) is 7.52. The van der Waals surface area contributed by atoms with Gasteiger partial charge in [0.1, 0.15) is 6.04 Å². The second-order valence-electron chi connectivity index (χ2n) is 3.97. The van der Waals surface area contributed by atoms with Crippen LogP contribution in [0.2, 0.25) is 0 Å². The lowest BCUT2D eigenvalue weighted by Crippen LogP contribution is -2.33. The molecule has 0 spiro atoms. The van der Waals surface area contributed by atoms with Crippen molar-refractivity contribution in [3.8, 4) is 0 Å². The van der Waals surface area contributed by atoms with Crippen molar-refractivity contribution in [3.63, 3.8) is 0 Å². The first kappa shape index (κ1) is 16.0. The van der Waals surface area contributed by atoms with Gasteiger partial charge in [0.05, 0.1) is 5.75 Å². The van der Waals surface area contributed by atoms with Crippen LogP contribution in [-0.4, -0.2) is 34.5 Å². The molecule has 0 heterocycles. The summed E-state index contributed by atoms with van der Waals surface area (Å²) >= 11 is 4.58. The molecular weight excluding hydrogens is 332 g/mol. The van der Waals surface area contributed by atoms with Crippen molar-refractivity contribution >= 4 is 45.3 Å². The maximum absolute atomic E-state index is 11.6. The SMILES string of the molecule is Cc1cc(NC(=O)CSC[C@@H](N)C(=O)O)ccc1Br. The molecule has 7 heteroatoms. The molecule has 104 valence electrons. The van der Waals surface area contributed by atoms with Gasteiger partial charge in [-0.15, -0.1) is 11.8 Å². The molecule has 1 aromatic rings. The van der Waals surface area contributed by atoms with Gasteiger partial charge in [-0.2, -0.15) is 0 Å². The van der Waals surface area contributed by atoms with E-state index in [0.29, 0.717) is 5.69 Å². The Balaban J connectivity index is 2.39. The van der Waals surface area contributed by atoms with Gasteiger partial charge in [-0.3, -0.25) is 9.59 Å². The molecule has 0 aliphatic carbocycles. The van der Waals surface area contributed by atoms with Gasteiger partial charge in [0.25, 0.3) is 0 Å². The zero-order chi connectivity index (χ0) is 14.4. The van der Waals surface area contributed by atoms with E-state index in [9.17, 15) is 9.59 Å². The Bertz CT molecular complexity index is 482. The number of carbonyl (C=O) groups excluding carboxylic acids is 1. The van der Waals surface area contributed by atoms with Gasteiger partial charge < -0.3 is 16.2 Å². The lowest BCUT2D eigenvalue weighted by atomic mass is 10.2. The van der Waals surface area contributed by atoms with Crippen LogP contribution in [0.1, 0.15) is 5.56 Å². The van der Waals surface area contributed by atoms with Gasteiger partial charge >= 0.3 is 5.97 Å². The second-order valence-corrected chi connectivity index (χ2v) is 5.86. The zero-order valence-electron chi connectivity index (χ0n) is 10.4. The topological polar surface area (TPSA) is 92.4 Å². The lowest BCUT2D eigenvalue weighted by molar-refractivity contribution is -0.137. The number of carboxylic acid groups (broad SMARTS) is 1. The van der Waals surface area contributed by atoms with Crippen molar-refractivity contribution in [1.29, 1.82) is 0 Å². The third kappa shape index (κ3) is 5.63. The first-order valence-corrected chi connectivity index (χ1v) is 7.47. The minimum atomic E-state index is -1.06. The summed E-state index contributed by atoms with van der Waals surface area (Å²) in [6.07, 6.45) is 0. The largest absolute Gasteiger partial charge is 0.480 e. The Labute approximate surface area is 124 Å². The average Bonchev–Trinajstić information content (AvgIpc) is 2.33. The lowest BCUT2D eigenvalue weighted by Gasteiger charge is -2.08. The van der Waals surface area contributed by atoms with Gasteiger partial charge in [-0.1, -0.05) is 15.9 Å². The molecule has 1 atom stereocenters. The molecule has 5 nitrogen and oxygen atoms in total. The summed E-state index contributed by atoms with van der Waals surface area (Å²) in [6.45, 7) is 1.93. The number of amides is 1. The summed E-state index contributed by atoms with van der Waals surface area (Å²) in [5, 5.41) is 11.3. The summed E-state index contributed by atoms with van der Waals surface area (Å²) in [5.74, 6) is -0.848. The van der Waals surface area contributed by atoms with E-state index in [-0.39, 0.29) is 17.4 Å². The fraction of sp³-hybridized carbons (Fsp3) is 0.333. The molecule has 0 unspecified atom stereocenters. The number of benzene rings is 1. The molecule has 0 bridgehead atoms. The number of carboxylic acids is 1. The molecule has 0 saturated heterocycles. The quantitative estimate of drug-likeness (QED) is 0.730. The van der Waals surface area contributed by atoms with Gasteiger partial charge in [0.15, 0.2) is 0 Å². The van der Waals surface area contributed by atoms with Crippen molar-refractivity contribution in [2.75, 3.05) is 16.8 Å². The minimum Gasteiger partial charge on any atom is -0.480 e. The molecule has 0 aliphatic heterocycles. The number of halogens is 1. The fourth-order valence-electron chi connectivity index (χ4n) is 1.27. The molecule has 19 heavy (non-hydrogen) atoms. The number of hydrogen-bond acceptors (Lipinski definition) is 4. The van der Waals surface area contributed by atoms with Gasteiger partial charge in [-0.05, 0) is 30.7 Å². The first-order chi connectivity index (χ1) is 8.90. The van der Waals surface area contributed by atoms with E-state index >= 15 is 0 Å². The van der Waals surface area contributed by atoms with Crippen molar-refractivity contribution in [2.24, 2.45) is 5.73 Å². The third-order valence-corrected chi connectivity index (χ3v) is 4.24. The molecule has 0 radical (unpaired) electrons. The number of aliphatic carboxylic acids is 1. The fourth-order valence-corrected chi connectivity index (χ4v) is 2.29. The van der Waals surface area contributed by atoms with Crippen LogP contribution in [0.15, 0.2) is 22.7 Å². The van der Waals surface area contributed by atoms with Gasteiger partial charge in [-0.25, -0.2) is 0 Å². The highest BCUT2D eigenvalue weighted by Crippen LogP contribution is 2.20. The van der Waals surface area contributed by atoms with E-state index < -0.39 is 12.0 Å². The first-order valence-electron chi connectivity index (χ1n) is 5.52. The summed E-state index contributed by atoms with van der Waals surface area (Å²) in [5.41, 5.74) is 7.08. The molecule has 1 aromatic carbocycles. The number of nitrogens with two attached hydrogens (primary N) is 1. The van der Waals surface area contributed by atoms with Crippen molar-refractivity contribution < 1.29 is 14.7 Å². The Morgan fingerprint density at radius 2 is 2.21 bits per heavy atom. The van der Waals surface area contributed by atoms with E-state index in [1.807, 2.05) is 19.1 Å². The molecule has 0 aromatic heterocycles. The Kier molecular flexibility index (Phi) is 6.33. The van der Waals surface area contributed by atoms with Gasteiger partial charge in [0.2, 0.25) is 5.91 Å². The highest BCUT2D eigenvalue weighted by Gasteiger charge is 2.12. The monoisotopic (exact) mass is 346 g/mol. The molecule has 0 aliphatic rings. The molecule has 0 saturated carbocycles. The normalized spacial score (nSPS) is 11.9.